The first-order valence-electron chi connectivity index (χ1n) is 8.09. The molecule has 0 aliphatic carbocycles. The Balaban J connectivity index is 1.70. The number of anilines is 2. The summed E-state index contributed by atoms with van der Waals surface area (Å²) >= 11 is 0. The highest BCUT2D eigenvalue weighted by Crippen LogP contribution is 2.29. The Morgan fingerprint density at radius 1 is 1.18 bits per heavy atom. The van der Waals surface area contributed by atoms with E-state index >= 15 is 0 Å². The zero-order chi connectivity index (χ0) is 15.5. The highest BCUT2D eigenvalue weighted by atomic mass is 16.5. The molecule has 0 aromatic carbocycles. The summed E-state index contributed by atoms with van der Waals surface area (Å²) in [6.07, 6.45) is 4.94. The quantitative estimate of drug-likeness (QED) is 0.792. The van der Waals surface area contributed by atoms with Crippen molar-refractivity contribution in [2.75, 3.05) is 43.1 Å². The predicted molar refractivity (Wildman–Crippen MR) is 85.0 cm³/mol. The van der Waals surface area contributed by atoms with Gasteiger partial charge in [0.1, 0.15) is 18.0 Å². The fourth-order valence-corrected chi connectivity index (χ4v) is 3.48. The highest BCUT2D eigenvalue weighted by Gasteiger charge is 2.32. The minimum atomic E-state index is -0.0902. The molecule has 0 amide bonds. The maximum absolute atomic E-state index is 11.8. The van der Waals surface area contributed by atoms with Crippen LogP contribution in [0.1, 0.15) is 26.2 Å². The first kappa shape index (κ1) is 15.1. The van der Waals surface area contributed by atoms with Crippen LogP contribution in [0.25, 0.3) is 0 Å². The van der Waals surface area contributed by atoms with Gasteiger partial charge in [0.05, 0.1) is 13.0 Å². The Kier molecular flexibility index (Phi) is 4.45. The van der Waals surface area contributed by atoms with Crippen LogP contribution in [0, 0.1) is 11.8 Å². The van der Waals surface area contributed by atoms with Crippen LogP contribution in [0.2, 0.25) is 0 Å². The largest absolute Gasteiger partial charge is 0.469 e. The van der Waals surface area contributed by atoms with Crippen molar-refractivity contribution in [3.8, 4) is 0 Å². The lowest BCUT2D eigenvalue weighted by molar-refractivity contribution is -0.147. The molecule has 120 valence electrons. The summed E-state index contributed by atoms with van der Waals surface area (Å²) in [6.45, 7) is 5.93. The summed E-state index contributed by atoms with van der Waals surface area (Å²) in [5.41, 5.74) is 0. The minimum absolute atomic E-state index is 0.00106. The van der Waals surface area contributed by atoms with Gasteiger partial charge in [-0.25, -0.2) is 9.97 Å². The molecule has 6 nitrogen and oxygen atoms in total. The van der Waals surface area contributed by atoms with Crippen molar-refractivity contribution in [2.24, 2.45) is 11.8 Å². The van der Waals surface area contributed by atoms with Crippen LogP contribution in [0.15, 0.2) is 12.4 Å². The monoisotopic (exact) mass is 304 g/mol. The molecular formula is C16H24N4O2. The zero-order valence-corrected chi connectivity index (χ0v) is 13.4. The Morgan fingerprint density at radius 2 is 1.86 bits per heavy atom. The van der Waals surface area contributed by atoms with Crippen LogP contribution in [0.5, 0.6) is 0 Å². The van der Waals surface area contributed by atoms with Crippen molar-refractivity contribution in [3.05, 3.63) is 12.4 Å². The molecule has 0 saturated carbocycles. The van der Waals surface area contributed by atoms with Crippen LogP contribution < -0.4 is 9.80 Å². The second-order valence-corrected chi connectivity index (χ2v) is 6.27. The van der Waals surface area contributed by atoms with Crippen molar-refractivity contribution < 1.29 is 9.53 Å². The van der Waals surface area contributed by atoms with E-state index in [2.05, 4.69) is 32.8 Å². The number of rotatable bonds is 3. The summed E-state index contributed by atoms with van der Waals surface area (Å²) in [7, 11) is 1.47. The lowest BCUT2D eigenvalue weighted by atomic mass is 9.87. The summed E-state index contributed by atoms with van der Waals surface area (Å²) in [5, 5.41) is 0. The lowest BCUT2D eigenvalue weighted by Gasteiger charge is -2.36. The number of methoxy groups -OCH3 is 1. The number of ether oxygens (including phenoxy) is 1. The number of esters is 1. The second-order valence-electron chi connectivity index (χ2n) is 6.27. The molecule has 2 saturated heterocycles. The van der Waals surface area contributed by atoms with E-state index in [-0.39, 0.29) is 17.8 Å². The first-order valence-corrected chi connectivity index (χ1v) is 8.09. The van der Waals surface area contributed by atoms with Gasteiger partial charge in [-0.3, -0.25) is 4.79 Å². The molecule has 2 atom stereocenters. The van der Waals surface area contributed by atoms with E-state index in [9.17, 15) is 4.79 Å². The smallest absolute Gasteiger partial charge is 0.309 e. The SMILES string of the molecule is COC(=O)C1CCN(c2cc(N3CCCC3)ncn2)CC1C. The van der Waals surface area contributed by atoms with Gasteiger partial charge in [-0.05, 0) is 25.2 Å². The molecule has 0 N–H and O–H groups in total. The van der Waals surface area contributed by atoms with E-state index in [1.807, 2.05) is 0 Å². The zero-order valence-electron chi connectivity index (χ0n) is 13.4. The van der Waals surface area contributed by atoms with Crippen molar-refractivity contribution in [1.29, 1.82) is 0 Å². The number of nitrogens with zero attached hydrogens (tertiary/aromatic N) is 4. The number of aromatic nitrogens is 2. The highest BCUT2D eigenvalue weighted by molar-refractivity contribution is 5.73. The minimum Gasteiger partial charge on any atom is -0.469 e. The van der Waals surface area contributed by atoms with E-state index < -0.39 is 0 Å². The Labute approximate surface area is 131 Å². The van der Waals surface area contributed by atoms with Gasteiger partial charge in [-0.2, -0.15) is 0 Å². The molecule has 2 unspecified atom stereocenters. The number of hydrogen-bond acceptors (Lipinski definition) is 6. The predicted octanol–water partition coefficient (Wildman–Crippen LogP) is 1.71. The summed E-state index contributed by atoms with van der Waals surface area (Å²) in [5.74, 6) is 2.16. The van der Waals surface area contributed by atoms with Gasteiger partial charge in [0.25, 0.3) is 0 Å². The molecule has 0 bridgehead atoms. The summed E-state index contributed by atoms with van der Waals surface area (Å²) in [4.78, 5) is 25.2. The summed E-state index contributed by atoms with van der Waals surface area (Å²) < 4.78 is 4.90. The average Bonchev–Trinajstić information content (AvgIpc) is 3.09. The maximum Gasteiger partial charge on any atom is 0.309 e. The fourth-order valence-electron chi connectivity index (χ4n) is 3.48. The molecule has 2 aliphatic heterocycles. The summed E-state index contributed by atoms with van der Waals surface area (Å²) in [6, 6.07) is 2.08. The number of hydrogen-bond donors (Lipinski definition) is 0. The Hall–Kier alpha value is -1.85. The van der Waals surface area contributed by atoms with E-state index in [0.717, 1.165) is 44.2 Å². The number of carbonyl (C=O) groups excluding carboxylic acids is 1. The van der Waals surface area contributed by atoms with E-state index in [1.165, 1.54) is 20.0 Å². The van der Waals surface area contributed by atoms with Crippen molar-refractivity contribution >= 4 is 17.6 Å². The van der Waals surface area contributed by atoms with Gasteiger partial charge in [0.2, 0.25) is 0 Å². The van der Waals surface area contributed by atoms with Crippen molar-refractivity contribution in [2.45, 2.75) is 26.2 Å². The van der Waals surface area contributed by atoms with Crippen LogP contribution in [0.4, 0.5) is 11.6 Å². The van der Waals surface area contributed by atoms with Crippen LogP contribution >= 0.6 is 0 Å². The Morgan fingerprint density at radius 3 is 2.50 bits per heavy atom. The number of carbonyl (C=O) groups is 1. The van der Waals surface area contributed by atoms with E-state index in [0.29, 0.717) is 0 Å². The fraction of sp³-hybridized carbons (Fsp3) is 0.688. The lowest BCUT2D eigenvalue weighted by Crippen LogP contribution is -2.43. The molecule has 6 heteroatoms. The first-order chi connectivity index (χ1) is 10.7. The molecule has 2 aliphatic rings. The maximum atomic E-state index is 11.8. The molecule has 1 aromatic heterocycles. The van der Waals surface area contributed by atoms with Crippen molar-refractivity contribution in [1.82, 2.24) is 9.97 Å². The second kappa shape index (κ2) is 6.50. The third kappa shape index (κ3) is 3.00. The number of piperidine rings is 1. The molecule has 1 aromatic rings. The van der Waals surface area contributed by atoms with Gasteiger partial charge in [0.15, 0.2) is 0 Å². The topological polar surface area (TPSA) is 58.6 Å². The standard InChI is InChI=1S/C16H24N4O2/c1-12-10-20(8-5-13(12)16(21)22-2)15-9-14(17-11-18-15)19-6-3-4-7-19/h9,11-13H,3-8,10H2,1-2H3. The van der Waals surface area contributed by atoms with Gasteiger partial charge >= 0.3 is 5.97 Å². The molecule has 0 radical (unpaired) electrons. The van der Waals surface area contributed by atoms with Gasteiger partial charge < -0.3 is 14.5 Å². The van der Waals surface area contributed by atoms with Crippen LogP contribution in [-0.2, 0) is 9.53 Å². The Bertz CT molecular complexity index is 531. The molecule has 22 heavy (non-hydrogen) atoms. The third-order valence-corrected chi connectivity index (χ3v) is 4.80. The van der Waals surface area contributed by atoms with Crippen molar-refractivity contribution in [3.63, 3.8) is 0 Å². The van der Waals surface area contributed by atoms with E-state index in [1.54, 1.807) is 6.33 Å². The molecule has 3 heterocycles. The molecular weight excluding hydrogens is 280 g/mol. The molecule has 2 fully saturated rings. The van der Waals surface area contributed by atoms with Gasteiger partial charge in [-0.15, -0.1) is 0 Å². The van der Waals surface area contributed by atoms with Gasteiger partial charge in [0, 0.05) is 32.2 Å². The van der Waals surface area contributed by atoms with Crippen LogP contribution in [0.3, 0.4) is 0 Å². The van der Waals surface area contributed by atoms with E-state index in [4.69, 9.17) is 4.74 Å². The molecule has 3 rings (SSSR count). The normalized spacial score (nSPS) is 25.4. The van der Waals surface area contributed by atoms with Crippen LogP contribution in [-0.4, -0.2) is 49.2 Å². The molecule has 0 spiro atoms. The van der Waals surface area contributed by atoms with Gasteiger partial charge in [-0.1, -0.05) is 6.92 Å². The third-order valence-electron chi connectivity index (χ3n) is 4.80. The average molecular weight is 304 g/mol.